The second kappa shape index (κ2) is 11.0. The number of carbonyl (C=O) groups is 1. The smallest absolute Gasteiger partial charge is 0.410 e. The predicted octanol–water partition coefficient (Wildman–Crippen LogP) is 4.28. The van der Waals surface area contributed by atoms with Gasteiger partial charge in [0.1, 0.15) is 5.60 Å². The van der Waals surface area contributed by atoms with Crippen LogP contribution in [0.4, 0.5) is 10.5 Å². The normalized spacial score (nSPS) is 24.5. The van der Waals surface area contributed by atoms with Crippen molar-refractivity contribution in [3.8, 4) is 0 Å². The van der Waals surface area contributed by atoms with Crippen molar-refractivity contribution >= 4 is 41.7 Å². The molecule has 2 saturated heterocycles. The number of halogens is 1. The number of anilines is 1. The summed E-state index contributed by atoms with van der Waals surface area (Å²) in [6.45, 7) is 8.45. The third-order valence-electron chi connectivity index (χ3n) is 6.46. The van der Waals surface area contributed by atoms with Crippen LogP contribution in [0.1, 0.15) is 52.0 Å². The molecule has 3 aliphatic heterocycles. The summed E-state index contributed by atoms with van der Waals surface area (Å²) in [5, 5.41) is 7.06. The quantitative estimate of drug-likeness (QED) is 0.246. The Morgan fingerprint density at radius 1 is 1.15 bits per heavy atom. The molecule has 0 aliphatic carbocycles. The van der Waals surface area contributed by atoms with Crippen LogP contribution in [0.5, 0.6) is 0 Å². The van der Waals surface area contributed by atoms with E-state index in [-0.39, 0.29) is 42.2 Å². The van der Waals surface area contributed by atoms with E-state index in [0.29, 0.717) is 6.04 Å². The zero-order chi connectivity index (χ0) is 22.7. The van der Waals surface area contributed by atoms with Gasteiger partial charge in [0.25, 0.3) is 0 Å². The maximum Gasteiger partial charge on any atom is 0.410 e. The summed E-state index contributed by atoms with van der Waals surface area (Å²) < 4.78 is 5.65. The highest BCUT2D eigenvalue weighted by Crippen LogP contribution is 2.36. The second-order valence-corrected chi connectivity index (χ2v) is 10.1. The maximum atomic E-state index is 12.7. The molecule has 33 heavy (non-hydrogen) atoms. The van der Waals surface area contributed by atoms with Crippen LogP contribution in [-0.2, 0) is 11.3 Å². The Morgan fingerprint density at radius 3 is 2.42 bits per heavy atom. The van der Waals surface area contributed by atoms with E-state index in [1.807, 2.05) is 32.7 Å². The summed E-state index contributed by atoms with van der Waals surface area (Å²) in [6.07, 6.45) is 8.19. The average molecular weight is 568 g/mol. The molecule has 0 saturated carbocycles. The minimum absolute atomic E-state index is 0. The van der Waals surface area contributed by atoms with Crippen LogP contribution in [0.2, 0.25) is 0 Å². The van der Waals surface area contributed by atoms with Crippen molar-refractivity contribution in [2.24, 2.45) is 4.99 Å². The first-order chi connectivity index (χ1) is 15.3. The highest BCUT2D eigenvalue weighted by Gasteiger charge is 2.45. The number of fused-ring (bicyclic) bond motifs is 2. The molecule has 2 unspecified atom stereocenters. The predicted molar refractivity (Wildman–Crippen MR) is 144 cm³/mol. The Kier molecular flexibility index (Phi) is 8.53. The van der Waals surface area contributed by atoms with E-state index in [2.05, 4.69) is 56.9 Å². The molecule has 1 amide bonds. The average Bonchev–Trinajstić information content (AvgIpc) is 3.37. The zero-order valence-electron chi connectivity index (χ0n) is 20.2. The van der Waals surface area contributed by atoms with Crippen LogP contribution in [0.3, 0.4) is 0 Å². The lowest BCUT2D eigenvalue weighted by Gasteiger charge is -2.40. The fraction of sp³-hybridized carbons (Fsp3) is 0.600. The van der Waals surface area contributed by atoms with Crippen molar-refractivity contribution in [1.29, 1.82) is 0 Å². The molecule has 2 atom stereocenters. The number of benzene rings is 1. The van der Waals surface area contributed by atoms with E-state index in [1.165, 1.54) is 11.3 Å². The van der Waals surface area contributed by atoms with Gasteiger partial charge in [-0.1, -0.05) is 24.3 Å². The van der Waals surface area contributed by atoms with Crippen molar-refractivity contribution in [3.05, 3.63) is 42.0 Å². The van der Waals surface area contributed by atoms with Gasteiger partial charge in [0.05, 0.1) is 0 Å². The van der Waals surface area contributed by atoms with E-state index in [9.17, 15) is 4.79 Å². The number of nitrogens with zero attached hydrogens (tertiary/aromatic N) is 3. The van der Waals surface area contributed by atoms with Crippen LogP contribution in [0.15, 0.2) is 41.4 Å². The number of rotatable bonds is 4. The second-order valence-electron chi connectivity index (χ2n) is 10.1. The van der Waals surface area contributed by atoms with Gasteiger partial charge in [-0.25, -0.2) is 4.79 Å². The first-order valence-electron chi connectivity index (χ1n) is 11.8. The maximum absolute atomic E-state index is 12.7. The fourth-order valence-corrected chi connectivity index (χ4v) is 5.03. The standard InChI is InChI=1S/C25H37N5O2.HI/c1-25(2,3)32-24(31)30-21-10-11-22(30)16-19(15-21)28-23(26-4)27-17-18-8-7-9-20(14-18)29-12-5-6-13-29;/h5-9,14,19,21-22H,10-13,15-17H2,1-4H3,(H2,26,27,28);1H. The highest BCUT2D eigenvalue weighted by atomic mass is 127. The fourth-order valence-electron chi connectivity index (χ4n) is 5.03. The molecule has 1 aromatic carbocycles. The molecule has 182 valence electrons. The van der Waals surface area contributed by atoms with Crippen LogP contribution in [0.25, 0.3) is 0 Å². The van der Waals surface area contributed by atoms with Gasteiger partial charge < -0.3 is 25.2 Å². The Balaban J connectivity index is 0.00000306. The van der Waals surface area contributed by atoms with Gasteiger partial charge in [0.15, 0.2) is 5.96 Å². The Labute approximate surface area is 215 Å². The lowest BCUT2D eigenvalue weighted by molar-refractivity contribution is 0.00545. The molecule has 4 rings (SSSR count). The molecule has 2 fully saturated rings. The lowest BCUT2D eigenvalue weighted by Crippen LogP contribution is -2.54. The first kappa shape index (κ1) is 25.6. The van der Waals surface area contributed by atoms with Crippen LogP contribution in [0, 0.1) is 0 Å². The van der Waals surface area contributed by atoms with E-state index in [0.717, 1.165) is 51.3 Å². The van der Waals surface area contributed by atoms with Crippen molar-refractivity contribution in [1.82, 2.24) is 15.5 Å². The molecule has 0 spiro atoms. The SMILES string of the molecule is CN=C(NCc1cccc(N2CC=CC2)c1)NC1CC2CCC(C1)N2C(=O)OC(C)(C)C.I. The number of guanidine groups is 1. The summed E-state index contributed by atoms with van der Waals surface area (Å²) in [5.74, 6) is 0.813. The van der Waals surface area contributed by atoms with E-state index < -0.39 is 5.60 Å². The molecule has 2 bridgehead atoms. The molecule has 0 radical (unpaired) electrons. The number of carbonyl (C=O) groups excluding carboxylic acids is 1. The van der Waals surface area contributed by atoms with E-state index >= 15 is 0 Å². The minimum Gasteiger partial charge on any atom is -0.444 e. The Morgan fingerprint density at radius 2 is 1.82 bits per heavy atom. The third-order valence-corrected chi connectivity index (χ3v) is 6.46. The van der Waals surface area contributed by atoms with Crippen molar-refractivity contribution in [2.45, 2.75) is 76.7 Å². The number of aliphatic imine (C=N–C) groups is 1. The monoisotopic (exact) mass is 567 g/mol. The molecule has 3 heterocycles. The summed E-state index contributed by atoms with van der Waals surface area (Å²) in [4.78, 5) is 21.5. The van der Waals surface area contributed by atoms with Crippen molar-refractivity contribution in [3.63, 3.8) is 0 Å². The highest BCUT2D eigenvalue weighted by molar-refractivity contribution is 14.0. The molecule has 2 N–H and O–H groups in total. The van der Waals surface area contributed by atoms with E-state index in [4.69, 9.17) is 4.74 Å². The Hall–Kier alpha value is -1.97. The molecular formula is C25H38IN5O2. The van der Waals surface area contributed by atoms with Crippen LogP contribution in [-0.4, -0.2) is 60.8 Å². The molecule has 1 aromatic rings. The number of hydrogen-bond donors (Lipinski definition) is 2. The largest absolute Gasteiger partial charge is 0.444 e. The van der Waals surface area contributed by atoms with Crippen molar-refractivity contribution in [2.75, 3.05) is 25.0 Å². The number of ether oxygens (including phenoxy) is 1. The molecule has 7 nitrogen and oxygen atoms in total. The number of nitrogens with one attached hydrogen (secondary N) is 2. The third kappa shape index (κ3) is 6.55. The molecular weight excluding hydrogens is 529 g/mol. The van der Waals surface area contributed by atoms with Gasteiger partial charge in [-0.05, 0) is 64.2 Å². The molecule has 8 heteroatoms. The van der Waals surface area contributed by atoms with Gasteiger partial charge >= 0.3 is 6.09 Å². The van der Waals surface area contributed by atoms with Gasteiger partial charge in [0, 0.05) is 50.5 Å². The van der Waals surface area contributed by atoms with Gasteiger partial charge in [0.2, 0.25) is 0 Å². The minimum atomic E-state index is -0.458. The first-order valence-corrected chi connectivity index (χ1v) is 11.8. The molecule has 0 aromatic heterocycles. The van der Waals surface area contributed by atoms with Crippen molar-refractivity contribution < 1.29 is 9.53 Å². The number of piperidine rings is 1. The number of hydrogen-bond acceptors (Lipinski definition) is 4. The summed E-state index contributed by atoms with van der Waals surface area (Å²) in [7, 11) is 1.81. The topological polar surface area (TPSA) is 69.2 Å². The summed E-state index contributed by atoms with van der Waals surface area (Å²) in [6, 6.07) is 9.46. The lowest BCUT2D eigenvalue weighted by atomic mass is 9.98. The Bertz CT molecular complexity index is 860. The van der Waals surface area contributed by atoms with E-state index in [1.54, 1.807) is 0 Å². The molecule has 3 aliphatic rings. The van der Waals surface area contributed by atoms with Crippen LogP contribution < -0.4 is 15.5 Å². The zero-order valence-corrected chi connectivity index (χ0v) is 22.5. The van der Waals surface area contributed by atoms with Gasteiger partial charge in [-0.2, -0.15) is 0 Å². The van der Waals surface area contributed by atoms with Gasteiger partial charge in [-0.15, -0.1) is 24.0 Å². The van der Waals surface area contributed by atoms with Gasteiger partial charge in [-0.3, -0.25) is 4.99 Å². The number of amides is 1. The summed E-state index contributed by atoms with van der Waals surface area (Å²) in [5.41, 5.74) is 2.03. The van der Waals surface area contributed by atoms with Crippen LogP contribution >= 0.6 is 24.0 Å². The summed E-state index contributed by atoms with van der Waals surface area (Å²) >= 11 is 0.